The number of carbonyl (C=O) groups is 1. The van der Waals surface area contributed by atoms with Gasteiger partial charge in [-0.25, -0.2) is 4.79 Å². The zero-order valence-corrected chi connectivity index (χ0v) is 7.88. The summed E-state index contributed by atoms with van der Waals surface area (Å²) in [6.07, 6.45) is 1.56. The topological polar surface area (TPSA) is 40.5 Å². The molecule has 3 nitrogen and oxygen atoms in total. The van der Waals surface area contributed by atoms with Crippen LogP contribution in [-0.2, 0) is 4.79 Å². The molecule has 0 aliphatic heterocycles. The minimum Gasteiger partial charge on any atom is -0.478 e. The van der Waals surface area contributed by atoms with E-state index < -0.39 is 5.97 Å². The molecule has 3 heteroatoms. The Morgan fingerprint density at radius 2 is 1.64 bits per heavy atom. The lowest BCUT2D eigenvalue weighted by Gasteiger charge is -1.90. The molecule has 0 radical (unpaired) electrons. The quantitative estimate of drug-likeness (QED) is 0.585. The molecule has 0 bridgehead atoms. The number of hydrogen-bond donors (Lipinski definition) is 1. The number of carboxylic acid groups (broad SMARTS) is 1. The highest BCUT2D eigenvalue weighted by molar-refractivity contribution is 5.85. The van der Waals surface area contributed by atoms with E-state index in [2.05, 4.69) is 0 Å². The Balaban J connectivity index is 0. The molecule has 0 saturated heterocycles. The first-order valence-corrected chi connectivity index (χ1v) is 3.39. The lowest BCUT2D eigenvalue weighted by atomic mass is 10.3. The molecule has 0 spiro atoms. The third-order valence-corrected chi connectivity index (χ3v) is 0.770. The van der Waals surface area contributed by atoms with Gasteiger partial charge in [-0.05, 0) is 35.0 Å². The molecule has 11 heavy (non-hydrogen) atoms. The molecule has 0 atom stereocenters. The lowest BCUT2D eigenvalue weighted by molar-refractivity contribution is -0.132. The zero-order valence-electron chi connectivity index (χ0n) is 7.88. The van der Waals surface area contributed by atoms with E-state index in [1.54, 1.807) is 19.9 Å². The minimum atomic E-state index is -0.845. The molecule has 0 amide bonds. The zero-order chi connectivity index (χ0) is 9.44. The van der Waals surface area contributed by atoms with Crippen molar-refractivity contribution in [1.29, 1.82) is 0 Å². The summed E-state index contributed by atoms with van der Waals surface area (Å²) >= 11 is 0. The van der Waals surface area contributed by atoms with Crippen molar-refractivity contribution in [3.63, 3.8) is 0 Å². The molecule has 0 rings (SSSR count). The Bertz CT molecular complexity index is 136. The van der Waals surface area contributed by atoms with Gasteiger partial charge >= 0.3 is 5.97 Å². The van der Waals surface area contributed by atoms with E-state index in [4.69, 9.17) is 5.11 Å². The van der Waals surface area contributed by atoms with Gasteiger partial charge in [-0.2, -0.15) is 0 Å². The van der Waals surface area contributed by atoms with Crippen molar-refractivity contribution in [2.24, 2.45) is 0 Å². The first-order chi connectivity index (χ1) is 4.91. The monoisotopic (exact) mass is 159 g/mol. The van der Waals surface area contributed by atoms with Crippen LogP contribution < -0.4 is 0 Å². The van der Waals surface area contributed by atoms with Crippen LogP contribution in [0.5, 0.6) is 0 Å². The van der Waals surface area contributed by atoms with Gasteiger partial charge in [0.1, 0.15) is 0 Å². The molecular formula is C8H17NO2. The van der Waals surface area contributed by atoms with Crippen molar-refractivity contribution < 1.29 is 9.90 Å². The van der Waals surface area contributed by atoms with Gasteiger partial charge in [0, 0.05) is 5.57 Å². The smallest absolute Gasteiger partial charge is 0.330 e. The molecule has 0 aliphatic rings. The summed E-state index contributed by atoms with van der Waals surface area (Å²) < 4.78 is 0. The summed E-state index contributed by atoms with van der Waals surface area (Å²) in [5.41, 5.74) is 0.389. The van der Waals surface area contributed by atoms with Gasteiger partial charge < -0.3 is 10.0 Å². The molecule has 1 N–H and O–H groups in total. The van der Waals surface area contributed by atoms with Crippen LogP contribution in [0, 0.1) is 0 Å². The molecule has 66 valence electrons. The number of hydrogen-bond acceptors (Lipinski definition) is 2. The van der Waals surface area contributed by atoms with Gasteiger partial charge in [0.25, 0.3) is 0 Å². The van der Waals surface area contributed by atoms with E-state index >= 15 is 0 Å². The van der Waals surface area contributed by atoms with Gasteiger partial charge in [0.15, 0.2) is 0 Å². The van der Waals surface area contributed by atoms with E-state index in [0.717, 1.165) is 0 Å². The third-order valence-electron chi connectivity index (χ3n) is 0.770. The normalized spacial score (nSPS) is 10.5. The average molecular weight is 159 g/mol. The van der Waals surface area contributed by atoms with Crippen LogP contribution >= 0.6 is 0 Å². The number of allylic oxidation sites excluding steroid dienone is 1. The highest BCUT2D eigenvalue weighted by Crippen LogP contribution is 1.87. The van der Waals surface area contributed by atoms with Crippen LogP contribution in [0.4, 0.5) is 0 Å². The molecular weight excluding hydrogens is 142 g/mol. The Kier molecular flexibility index (Phi) is 8.48. The maximum absolute atomic E-state index is 9.86. The molecule has 0 heterocycles. The van der Waals surface area contributed by atoms with Crippen LogP contribution in [0.15, 0.2) is 11.6 Å². The predicted octanol–water partition coefficient (Wildman–Crippen LogP) is 1.22. The van der Waals surface area contributed by atoms with Crippen molar-refractivity contribution in [3.8, 4) is 0 Å². The number of nitrogens with zero attached hydrogens (tertiary/aromatic N) is 1. The molecule has 0 aromatic carbocycles. The van der Waals surface area contributed by atoms with Gasteiger partial charge in [-0.3, -0.25) is 0 Å². The fourth-order valence-corrected chi connectivity index (χ4v) is 0.123. The van der Waals surface area contributed by atoms with Crippen LogP contribution in [0.25, 0.3) is 0 Å². The van der Waals surface area contributed by atoms with Crippen LogP contribution in [0.1, 0.15) is 13.8 Å². The van der Waals surface area contributed by atoms with E-state index in [1.807, 2.05) is 26.0 Å². The fraction of sp³-hybridized carbons (Fsp3) is 0.625. The molecule has 0 saturated carbocycles. The van der Waals surface area contributed by atoms with E-state index in [1.165, 1.54) is 0 Å². The van der Waals surface area contributed by atoms with Crippen LogP contribution in [0.2, 0.25) is 0 Å². The lowest BCUT2D eigenvalue weighted by Crippen LogP contribution is -1.99. The van der Waals surface area contributed by atoms with E-state index in [9.17, 15) is 4.79 Å². The van der Waals surface area contributed by atoms with Gasteiger partial charge in [0.05, 0.1) is 0 Å². The van der Waals surface area contributed by atoms with Crippen molar-refractivity contribution in [2.75, 3.05) is 21.1 Å². The van der Waals surface area contributed by atoms with Crippen molar-refractivity contribution in [2.45, 2.75) is 13.8 Å². The van der Waals surface area contributed by atoms with Gasteiger partial charge in [-0.15, -0.1) is 0 Å². The summed E-state index contributed by atoms with van der Waals surface area (Å²) in [4.78, 5) is 11.9. The molecule has 0 aliphatic carbocycles. The highest BCUT2D eigenvalue weighted by atomic mass is 16.4. The van der Waals surface area contributed by atoms with Gasteiger partial charge in [0.2, 0.25) is 0 Å². The van der Waals surface area contributed by atoms with E-state index in [-0.39, 0.29) is 0 Å². The predicted molar refractivity (Wildman–Crippen MR) is 46.7 cm³/mol. The van der Waals surface area contributed by atoms with E-state index in [0.29, 0.717) is 5.57 Å². The summed E-state index contributed by atoms with van der Waals surface area (Å²) in [5, 5.41) is 8.11. The second kappa shape index (κ2) is 7.28. The fourth-order valence-electron chi connectivity index (χ4n) is 0.123. The van der Waals surface area contributed by atoms with Gasteiger partial charge in [-0.1, -0.05) is 6.08 Å². The standard InChI is InChI=1S/C5H8O2.C3H9N/c1-3-4(2)5(6)7;1-4(2)3/h3H,1-2H3,(H,6,7);1-3H3. The maximum atomic E-state index is 9.86. The van der Waals surface area contributed by atoms with Crippen LogP contribution in [0.3, 0.4) is 0 Å². The molecule has 0 aromatic heterocycles. The number of carboxylic acids is 1. The maximum Gasteiger partial charge on any atom is 0.330 e. The summed E-state index contributed by atoms with van der Waals surface area (Å²) in [7, 11) is 6.00. The Morgan fingerprint density at radius 3 is 1.64 bits per heavy atom. The van der Waals surface area contributed by atoms with Crippen LogP contribution in [-0.4, -0.2) is 37.1 Å². The Hall–Kier alpha value is -0.830. The summed E-state index contributed by atoms with van der Waals surface area (Å²) in [6.45, 7) is 3.26. The SMILES string of the molecule is CC=C(C)C(=O)O.CN(C)C. The van der Waals surface area contributed by atoms with Crippen molar-refractivity contribution in [1.82, 2.24) is 4.90 Å². The molecule has 0 fully saturated rings. The Morgan fingerprint density at radius 1 is 1.36 bits per heavy atom. The number of rotatable bonds is 1. The Labute approximate surface area is 68.3 Å². The van der Waals surface area contributed by atoms with Crippen molar-refractivity contribution >= 4 is 5.97 Å². The first kappa shape index (κ1) is 12.8. The third kappa shape index (κ3) is 17.6. The molecule has 0 aromatic rings. The minimum absolute atomic E-state index is 0.389. The second-order valence-corrected chi connectivity index (χ2v) is 2.62. The summed E-state index contributed by atoms with van der Waals surface area (Å²) in [5.74, 6) is -0.845. The second-order valence-electron chi connectivity index (χ2n) is 2.62. The number of aliphatic carboxylic acids is 1. The first-order valence-electron chi connectivity index (χ1n) is 3.39. The van der Waals surface area contributed by atoms with Crippen molar-refractivity contribution in [3.05, 3.63) is 11.6 Å². The largest absolute Gasteiger partial charge is 0.478 e. The highest BCUT2D eigenvalue weighted by Gasteiger charge is 1.93. The summed E-state index contributed by atoms with van der Waals surface area (Å²) in [6, 6.07) is 0. The molecule has 0 unspecified atom stereocenters. The average Bonchev–Trinajstić information content (AvgIpc) is 1.85.